The molecule has 0 saturated carbocycles. The number of nitrogens with zero attached hydrogens (tertiary/aromatic N) is 12. The van der Waals surface area contributed by atoms with Crippen LogP contribution in [-0.4, -0.2) is 58.6 Å². The van der Waals surface area contributed by atoms with Crippen molar-refractivity contribution < 1.29 is 8.78 Å². The van der Waals surface area contributed by atoms with Crippen LogP contribution < -0.4 is 0 Å². The number of halogens is 2. The lowest BCUT2D eigenvalue weighted by Crippen LogP contribution is -2.18. The van der Waals surface area contributed by atoms with E-state index in [0.29, 0.717) is 11.6 Å². The summed E-state index contributed by atoms with van der Waals surface area (Å²) in [5.41, 5.74) is 11.0. The standard InChI is InChI=1S/2C25H25FN6/c2*1-17-15-31(16-27-17)23-11-9-20(28-18(23)2)10-12-24-29-25-22(8-5-13-32(25)30-24)21-7-4-3-6-19(21)14-26/h2*3-4,6-7,9-12,15-16,22H,5,8,13-14H2,1-2H3/b2*12-10+/t2*22-/m10/s1. The number of aryl methyl sites for hydroxylation is 6. The molecule has 10 rings (SSSR count). The normalized spacial score (nSPS) is 15.9. The topological polar surface area (TPSA) is 123 Å². The van der Waals surface area contributed by atoms with Gasteiger partial charge in [0, 0.05) is 37.3 Å². The first-order valence-corrected chi connectivity index (χ1v) is 21.7. The number of hydrogen-bond donors (Lipinski definition) is 0. The number of alkyl halides is 2. The quantitative estimate of drug-likeness (QED) is 0.133. The summed E-state index contributed by atoms with van der Waals surface area (Å²) in [6, 6.07) is 23.5. The van der Waals surface area contributed by atoms with Crippen LogP contribution in [0.2, 0.25) is 0 Å². The highest BCUT2D eigenvalue weighted by atomic mass is 19.1. The second kappa shape index (κ2) is 18.6. The van der Waals surface area contributed by atoms with E-state index in [1.54, 1.807) is 12.7 Å². The summed E-state index contributed by atoms with van der Waals surface area (Å²) >= 11 is 0. The van der Waals surface area contributed by atoms with Gasteiger partial charge in [-0.15, -0.1) is 0 Å². The Bertz CT molecular complexity index is 2770. The molecule has 0 radical (unpaired) electrons. The van der Waals surface area contributed by atoms with Gasteiger partial charge in [0.25, 0.3) is 0 Å². The summed E-state index contributed by atoms with van der Waals surface area (Å²) in [4.78, 5) is 27.6. The van der Waals surface area contributed by atoms with Crippen molar-refractivity contribution in [1.82, 2.24) is 58.6 Å². The predicted octanol–water partition coefficient (Wildman–Crippen LogP) is 10.1. The number of benzene rings is 2. The number of aromatic nitrogens is 12. The highest BCUT2D eigenvalue weighted by Crippen LogP contribution is 2.36. The van der Waals surface area contributed by atoms with Gasteiger partial charge in [0.2, 0.25) is 0 Å². The largest absolute Gasteiger partial charge is 0.304 e. The van der Waals surface area contributed by atoms with Crippen molar-refractivity contribution >= 4 is 24.3 Å². The lowest BCUT2D eigenvalue weighted by atomic mass is 9.88. The molecular formula is C50H50F2N12. The highest BCUT2D eigenvalue weighted by molar-refractivity contribution is 5.66. The molecule has 0 amide bonds. The molecule has 324 valence electrons. The maximum Gasteiger partial charge on any atom is 0.174 e. The molecule has 0 bridgehead atoms. The lowest BCUT2D eigenvalue weighted by molar-refractivity contribution is 0.436. The van der Waals surface area contributed by atoms with E-state index >= 15 is 0 Å². The third-order valence-electron chi connectivity index (χ3n) is 11.9. The number of fused-ring (bicyclic) bond motifs is 2. The molecular weight excluding hydrogens is 807 g/mol. The van der Waals surface area contributed by atoms with Crippen molar-refractivity contribution in [3.63, 3.8) is 0 Å². The molecule has 0 fully saturated rings. The van der Waals surface area contributed by atoms with Crippen LogP contribution in [0.5, 0.6) is 0 Å². The van der Waals surface area contributed by atoms with Crippen molar-refractivity contribution in [1.29, 1.82) is 0 Å². The van der Waals surface area contributed by atoms with E-state index in [9.17, 15) is 8.78 Å². The Hall–Kier alpha value is -7.22. The molecule has 6 aromatic heterocycles. The van der Waals surface area contributed by atoms with Gasteiger partial charge >= 0.3 is 0 Å². The summed E-state index contributed by atoms with van der Waals surface area (Å²) in [5, 5.41) is 9.34. The second-order valence-electron chi connectivity index (χ2n) is 16.3. The first kappa shape index (κ1) is 42.1. The van der Waals surface area contributed by atoms with E-state index in [1.165, 1.54) is 0 Å². The molecule has 2 aromatic carbocycles. The molecule has 2 aliphatic heterocycles. The molecule has 2 aliphatic rings. The summed E-state index contributed by atoms with van der Waals surface area (Å²) in [5.74, 6) is 3.27. The molecule has 2 atom stereocenters. The fraction of sp³-hybridized carbons (Fsp3) is 0.280. The zero-order chi connectivity index (χ0) is 44.2. The molecule has 0 N–H and O–H groups in total. The maximum absolute atomic E-state index is 13.5. The van der Waals surface area contributed by atoms with E-state index in [0.717, 1.165) is 118 Å². The monoisotopic (exact) mass is 856 g/mol. The third kappa shape index (κ3) is 8.99. The molecule has 12 nitrogen and oxygen atoms in total. The fourth-order valence-electron chi connectivity index (χ4n) is 8.76. The van der Waals surface area contributed by atoms with Crippen LogP contribution in [0.15, 0.2) is 97.8 Å². The molecule has 0 spiro atoms. The van der Waals surface area contributed by atoms with Crippen molar-refractivity contribution in [3.05, 3.63) is 178 Å². The zero-order valence-electron chi connectivity index (χ0n) is 36.5. The Balaban J connectivity index is 0.000000162. The average Bonchev–Trinajstić information content (AvgIpc) is 4.14. The van der Waals surface area contributed by atoms with Crippen molar-refractivity contribution in [2.75, 3.05) is 0 Å². The number of rotatable bonds is 10. The molecule has 0 aliphatic carbocycles. The van der Waals surface area contributed by atoms with Crippen molar-refractivity contribution in [2.45, 2.75) is 91.7 Å². The van der Waals surface area contributed by atoms with Gasteiger partial charge in [-0.2, -0.15) is 10.2 Å². The number of pyridine rings is 2. The molecule has 14 heteroatoms. The van der Waals surface area contributed by atoms with Gasteiger partial charge in [-0.3, -0.25) is 9.97 Å². The van der Waals surface area contributed by atoms with Gasteiger partial charge in [-0.25, -0.2) is 38.1 Å². The van der Waals surface area contributed by atoms with E-state index < -0.39 is 13.3 Å². The summed E-state index contributed by atoms with van der Waals surface area (Å²) < 4.78 is 35.0. The Morgan fingerprint density at radius 1 is 0.547 bits per heavy atom. The van der Waals surface area contributed by atoms with Crippen LogP contribution in [0.3, 0.4) is 0 Å². The first-order valence-electron chi connectivity index (χ1n) is 21.7. The van der Waals surface area contributed by atoms with Gasteiger partial charge in [0.05, 0.1) is 58.2 Å². The van der Waals surface area contributed by atoms with Gasteiger partial charge in [0.1, 0.15) is 25.0 Å². The second-order valence-corrected chi connectivity index (χ2v) is 16.3. The Kier molecular flexibility index (Phi) is 12.3. The molecule has 8 heterocycles. The van der Waals surface area contributed by atoms with Crippen LogP contribution >= 0.6 is 0 Å². The van der Waals surface area contributed by atoms with E-state index in [1.807, 2.05) is 156 Å². The summed E-state index contributed by atoms with van der Waals surface area (Å²) in [6.45, 7) is 8.65. The SMILES string of the molecule is Cc1cn(-c2ccc(/C=C/c3nc4n(n3)CCC[C@@H]4c3ccccc3CF)nc2C)cn1.Cc1cn(-c2ccc(/C=C/c3nc4n(n3)CCC[C@H]4c3ccccc3CF)nc2C)cn1. The maximum atomic E-state index is 13.5. The van der Waals surface area contributed by atoms with E-state index in [4.69, 9.17) is 19.9 Å². The zero-order valence-corrected chi connectivity index (χ0v) is 36.5. The van der Waals surface area contributed by atoms with Gasteiger partial charge < -0.3 is 9.13 Å². The van der Waals surface area contributed by atoms with Crippen LogP contribution in [0, 0.1) is 27.7 Å². The van der Waals surface area contributed by atoms with Crippen molar-refractivity contribution in [2.24, 2.45) is 0 Å². The van der Waals surface area contributed by atoms with Crippen LogP contribution in [0.4, 0.5) is 8.78 Å². The van der Waals surface area contributed by atoms with Gasteiger partial charge in [-0.05, 0) is 124 Å². The highest BCUT2D eigenvalue weighted by Gasteiger charge is 2.28. The Morgan fingerprint density at radius 2 is 0.984 bits per heavy atom. The minimum absolute atomic E-state index is 0.0728. The first-order chi connectivity index (χ1) is 31.2. The summed E-state index contributed by atoms with van der Waals surface area (Å²) in [7, 11) is 0. The van der Waals surface area contributed by atoms with Gasteiger partial charge in [-0.1, -0.05) is 48.5 Å². The molecule has 8 aromatic rings. The third-order valence-corrected chi connectivity index (χ3v) is 11.9. The molecule has 0 unspecified atom stereocenters. The number of imidazole rings is 2. The minimum atomic E-state index is -0.465. The number of hydrogen-bond acceptors (Lipinski definition) is 8. The van der Waals surface area contributed by atoms with Crippen LogP contribution in [0.25, 0.3) is 35.7 Å². The van der Waals surface area contributed by atoms with Crippen LogP contribution in [0.1, 0.15) is 117 Å². The average molecular weight is 857 g/mol. The molecule has 0 saturated heterocycles. The van der Waals surface area contributed by atoms with Crippen LogP contribution in [-0.2, 0) is 26.4 Å². The minimum Gasteiger partial charge on any atom is -0.304 e. The Morgan fingerprint density at radius 3 is 1.38 bits per heavy atom. The van der Waals surface area contributed by atoms with Crippen molar-refractivity contribution in [3.8, 4) is 11.4 Å². The fourth-order valence-corrected chi connectivity index (χ4v) is 8.76. The van der Waals surface area contributed by atoms with E-state index in [-0.39, 0.29) is 11.8 Å². The Labute approximate surface area is 371 Å². The van der Waals surface area contributed by atoms with E-state index in [2.05, 4.69) is 20.2 Å². The molecule has 64 heavy (non-hydrogen) atoms. The van der Waals surface area contributed by atoms with Gasteiger partial charge in [0.15, 0.2) is 11.6 Å². The predicted molar refractivity (Wildman–Crippen MR) is 244 cm³/mol. The smallest absolute Gasteiger partial charge is 0.174 e. The lowest BCUT2D eigenvalue weighted by Gasteiger charge is -2.23. The summed E-state index contributed by atoms with van der Waals surface area (Å²) in [6.07, 6.45) is 19.1.